The van der Waals surface area contributed by atoms with Crippen molar-refractivity contribution in [2.75, 3.05) is 0 Å². The molecule has 0 fully saturated rings. The molecule has 3 aromatic rings. The molecule has 0 amide bonds. The molecule has 0 saturated heterocycles. The second-order valence-electron chi connectivity index (χ2n) is 5.08. The maximum absolute atomic E-state index is 9.17. The molecule has 0 radical (unpaired) electrons. The fourth-order valence-electron chi connectivity index (χ4n) is 2.28. The van der Waals surface area contributed by atoms with Crippen molar-refractivity contribution in [1.82, 2.24) is 9.38 Å². The number of nitriles is 1. The van der Waals surface area contributed by atoms with E-state index < -0.39 is 0 Å². The van der Waals surface area contributed by atoms with Crippen LogP contribution in [0.5, 0.6) is 5.75 Å². The van der Waals surface area contributed by atoms with Crippen molar-refractivity contribution in [1.29, 1.82) is 5.26 Å². The van der Waals surface area contributed by atoms with E-state index in [0.29, 0.717) is 11.3 Å². The van der Waals surface area contributed by atoms with Crippen molar-refractivity contribution in [3.8, 4) is 23.1 Å². The van der Waals surface area contributed by atoms with Crippen LogP contribution in [-0.4, -0.2) is 15.5 Å². The lowest BCUT2D eigenvalue weighted by Gasteiger charge is -2.12. The molecule has 4 heteroatoms. The van der Waals surface area contributed by atoms with Crippen molar-refractivity contribution in [3.63, 3.8) is 0 Å². The maximum Gasteiger partial charge on any atom is 0.138 e. The summed E-state index contributed by atoms with van der Waals surface area (Å²) in [6.07, 6.45) is 3.76. The van der Waals surface area contributed by atoms with E-state index in [1.54, 1.807) is 12.4 Å². The van der Waals surface area contributed by atoms with Crippen molar-refractivity contribution in [3.05, 3.63) is 54.5 Å². The molecule has 1 aromatic carbocycles. The minimum atomic E-state index is 0.0195. The SMILES string of the molecule is CC(C)Oc1cc(-c2ncn3ccccc23)ccc1C#N. The molecule has 0 unspecified atom stereocenters. The van der Waals surface area contributed by atoms with Gasteiger partial charge in [-0.2, -0.15) is 5.26 Å². The number of nitrogens with zero attached hydrogens (tertiary/aromatic N) is 3. The first-order valence-electron chi connectivity index (χ1n) is 6.82. The number of hydrogen-bond donors (Lipinski definition) is 0. The zero-order valence-corrected chi connectivity index (χ0v) is 11.9. The standard InChI is InChI=1S/C17H15N3O/c1-12(2)21-16-9-13(6-7-14(16)10-18)17-15-5-3-4-8-20(15)11-19-17/h3-9,11-12H,1-2H3. The highest BCUT2D eigenvalue weighted by molar-refractivity contribution is 5.78. The Morgan fingerprint density at radius 3 is 2.86 bits per heavy atom. The van der Waals surface area contributed by atoms with Crippen LogP contribution in [0.15, 0.2) is 48.9 Å². The predicted molar refractivity (Wildman–Crippen MR) is 81.1 cm³/mol. The fraction of sp³-hybridized carbons (Fsp3) is 0.176. The number of aromatic nitrogens is 2. The van der Waals surface area contributed by atoms with Gasteiger partial charge in [-0.05, 0) is 38.1 Å². The Kier molecular flexibility index (Phi) is 3.33. The van der Waals surface area contributed by atoms with Crippen molar-refractivity contribution in [2.45, 2.75) is 20.0 Å². The van der Waals surface area contributed by atoms with Crippen LogP contribution in [0, 0.1) is 11.3 Å². The smallest absolute Gasteiger partial charge is 0.138 e. The lowest BCUT2D eigenvalue weighted by molar-refractivity contribution is 0.242. The second kappa shape index (κ2) is 5.29. The summed E-state index contributed by atoms with van der Waals surface area (Å²) in [6, 6.07) is 13.7. The average Bonchev–Trinajstić information content (AvgIpc) is 2.90. The largest absolute Gasteiger partial charge is 0.490 e. The van der Waals surface area contributed by atoms with Crippen LogP contribution in [0.3, 0.4) is 0 Å². The van der Waals surface area contributed by atoms with E-state index in [9.17, 15) is 5.26 Å². The van der Waals surface area contributed by atoms with E-state index in [1.807, 2.05) is 54.8 Å². The van der Waals surface area contributed by atoms with E-state index >= 15 is 0 Å². The third kappa shape index (κ3) is 2.46. The first-order chi connectivity index (χ1) is 10.2. The van der Waals surface area contributed by atoms with Gasteiger partial charge in [0.15, 0.2) is 0 Å². The van der Waals surface area contributed by atoms with Crippen LogP contribution in [0.2, 0.25) is 0 Å². The van der Waals surface area contributed by atoms with Crippen molar-refractivity contribution < 1.29 is 4.74 Å². The molecule has 0 spiro atoms. The molecule has 2 heterocycles. The summed E-state index contributed by atoms with van der Waals surface area (Å²) in [7, 11) is 0. The monoisotopic (exact) mass is 277 g/mol. The molecular formula is C17H15N3O. The van der Waals surface area contributed by atoms with E-state index in [-0.39, 0.29) is 6.10 Å². The van der Waals surface area contributed by atoms with Gasteiger partial charge in [-0.1, -0.05) is 12.1 Å². The van der Waals surface area contributed by atoms with E-state index in [2.05, 4.69) is 11.1 Å². The van der Waals surface area contributed by atoms with Gasteiger partial charge in [-0.3, -0.25) is 0 Å². The molecule has 0 atom stereocenters. The van der Waals surface area contributed by atoms with Gasteiger partial charge in [0.1, 0.15) is 11.8 Å². The number of pyridine rings is 1. The predicted octanol–water partition coefficient (Wildman–Crippen LogP) is 3.66. The summed E-state index contributed by atoms with van der Waals surface area (Å²) >= 11 is 0. The van der Waals surface area contributed by atoms with Gasteiger partial charge in [0.25, 0.3) is 0 Å². The first kappa shape index (κ1) is 13.2. The van der Waals surface area contributed by atoms with Gasteiger partial charge in [0, 0.05) is 11.8 Å². The summed E-state index contributed by atoms with van der Waals surface area (Å²) < 4.78 is 7.70. The highest BCUT2D eigenvalue weighted by atomic mass is 16.5. The number of benzene rings is 1. The topological polar surface area (TPSA) is 50.3 Å². The molecular weight excluding hydrogens is 262 g/mol. The molecule has 3 rings (SSSR count). The second-order valence-corrected chi connectivity index (χ2v) is 5.08. The van der Waals surface area contributed by atoms with Crippen LogP contribution >= 0.6 is 0 Å². The Labute approximate surface area is 123 Å². The summed E-state index contributed by atoms with van der Waals surface area (Å²) in [4.78, 5) is 4.47. The number of ether oxygens (including phenoxy) is 1. The zero-order valence-electron chi connectivity index (χ0n) is 11.9. The molecule has 4 nitrogen and oxygen atoms in total. The van der Waals surface area contributed by atoms with Gasteiger partial charge in [-0.25, -0.2) is 4.98 Å². The van der Waals surface area contributed by atoms with Crippen LogP contribution in [0.1, 0.15) is 19.4 Å². The third-order valence-electron chi connectivity index (χ3n) is 3.18. The Balaban J connectivity index is 2.13. The number of rotatable bonds is 3. The number of imidazole rings is 1. The summed E-state index contributed by atoms with van der Waals surface area (Å²) in [5, 5.41) is 9.17. The Morgan fingerprint density at radius 1 is 1.24 bits per heavy atom. The van der Waals surface area contributed by atoms with Gasteiger partial charge < -0.3 is 9.14 Å². The highest BCUT2D eigenvalue weighted by Gasteiger charge is 2.11. The lowest BCUT2D eigenvalue weighted by Crippen LogP contribution is -2.06. The Morgan fingerprint density at radius 2 is 2.10 bits per heavy atom. The summed E-state index contributed by atoms with van der Waals surface area (Å²) in [5.74, 6) is 0.599. The molecule has 0 aliphatic heterocycles. The molecule has 2 aromatic heterocycles. The van der Waals surface area contributed by atoms with Gasteiger partial charge >= 0.3 is 0 Å². The molecule has 0 N–H and O–H groups in total. The molecule has 0 aliphatic rings. The minimum absolute atomic E-state index is 0.0195. The van der Waals surface area contributed by atoms with Crippen LogP contribution in [0.25, 0.3) is 16.8 Å². The fourth-order valence-corrected chi connectivity index (χ4v) is 2.28. The minimum Gasteiger partial charge on any atom is -0.490 e. The summed E-state index contributed by atoms with van der Waals surface area (Å²) in [5.41, 5.74) is 3.39. The molecule has 0 saturated carbocycles. The van der Waals surface area contributed by atoms with Crippen LogP contribution < -0.4 is 4.74 Å². The normalized spacial score (nSPS) is 10.8. The molecule has 0 bridgehead atoms. The van der Waals surface area contributed by atoms with E-state index in [1.165, 1.54) is 0 Å². The van der Waals surface area contributed by atoms with E-state index in [0.717, 1.165) is 16.8 Å². The van der Waals surface area contributed by atoms with Crippen LogP contribution in [-0.2, 0) is 0 Å². The molecule has 0 aliphatic carbocycles. The zero-order chi connectivity index (χ0) is 14.8. The van der Waals surface area contributed by atoms with Gasteiger partial charge in [0.2, 0.25) is 0 Å². The van der Waals surface area contributed by atoms with E-state index in [4.69, 9.17) is 4.74 Å². The lowest BCUT2D eigenvalue weighted by atomic mass is 10.1. The third-order valence-corrected chi connectivity index (χ3v) is 3.18. The first-order valence-corrected chi connectivity index (χ1v) is 6.82. The Hall–Kier alpha value is -2.80. The highest BCUT2D eigenvalue weighted by Crippen LogP contribution is 2.29. The molecule has 104 valence electrons. The number of hydrogen-bond acceptors (Lipinski definition) is 3. The number of fused-ring (bicyclic) bond motifs is 1. The van der Waals surface area contributed by atoms with Crippen molar-refractivity contribution in [2.24, 2.45) is 0 Å². The van der Waals surface area contributed by atoms with Crippen LogP contribution in [0.4, 0.5) is 0 Å². The van der Waals surface area contributed by atoms with Gasteiger partial charge in [0.05, 0.1) is 29.2 Å². The van der Waals surface area contributed by atoms with Gasteiger partial charge in [-0.15, -0.1) is 0 Å². The van der Waals surface area contributed by atoms with Crippen molar-refractivity contribution >= 4 is 5.52 Å². The summed E-state index contributed by atoms with van der Waals surface area (Å²) in [6.45, 7) is 3.89. The average molecular weight is 277 g/mol. The quantitative estimate of drug-likeness (QED) is 0.734. The maximum atomic E-state index is 9.17. The Bertz CT molecular complexity index is 827. The molecule has 21 heavy (non-hydrogen) atoms.